The van der Waals surface area contributed by atoms with Crippen molar-refractivity contribution in [1.29, 1.82) is 0 Å². The van der Waals surface area contributed by atoms with Crippen LogP contribution in [0.4, 0.5) is 0 Å². The van der Waals surface area contributed by atoms with Crippen LogP contribution < -0.4 is 0 Å². The van der Waals surface area contributed by atoms with E-state index in [1.807, 2.05) is 6.92 Å². The number of fused-ring (bicyclic) bond motifs is 3. The van der Waals surface area contributed by atoms with Crippen LogP contribution >= 0.6 is 0 Å². The Morgan fingerprint density at radius 1 is 1.08 bits per heavy atom. The molecule has 24 heavy (non-hydrogen) atoms. The van der Waals surface area contributed by atoms with Gasteiger partial charge in [-0.25, -0.2) is 9.68 Å². The molecule has 4 atom stereocenters. The fourth-order valence-electron chi connectivity index (χ4n) is 5.85. The minimum atomic E-state index is -1.17. The highest BCUT2D eigenvalue weighted by atomic mass is 17.2. The van der Waals surface area contributed by atoms with Crippen LogP contribution in [0.5, 0.6) is 0 Å². The highest BCUT2D eigenvalue weighted by Crippen LogP contribution is 2.64. The molecular weight excluding hydrogens is 304 g/mol. The SMILES string of the molecule is CC1=CC(=O)OC12C=C1C(C)(CCC3C(C)(C)CCCC13C)OO2. The van der Waals surface area contributed by atoms with E-state index in [9.17, 15) is 4.79 Å². The van der Waals surface area contributed by atoms with Crippen molar-refractivity contribution in [2.24, 2.45) is 16.7 Å². The fraction of sp³-hybridized carbons (Fsp3) is 0.750. The van der Waals surface area contributed by atoms with Crippen molar-refractivity contribution >= 4 is 5.97 Å². The molecule has 4 nitrogen and oxygen atoms in total. The third-order valence-corrected chi connectivity index (χ3v) is 7.14. The summed E-state index contributed by atoms with van der Waals surface area (Å²) in [5, 5.41) is 0. The molecule has 2 aliphatic carbocycles. The molecule has 0 aromatic rings. The van der Waals surface area contributed by atoms with Gasteiger partial charge in [-0.3, -0.25) is 0 Å². The molecule has 1 spiro atoms. The van der Waals surface area contributed by atoms with E-state index >= 15 is 0 Å². The van der Waals surface area contributed by atoms with Gasteiger partial charge in [-0.05, 0) is 67.9 Å². The molecule has 132 valence electrons. The first-order valence-electron chi connectivity index (χ1n) is 9.14. The second kappa shape index (κ2) is 4.73. The highest BCUT2D eigenvalue weighted by Gasteiger charge is 2.60. The Kier molecular flexibility index (Phi) is 3.22. The average Bonchev–Trinajstić information content (AvgIpc) is 2.74. The Hall–Kier alpha value is -1.13. The van der Waals surface area contributed by atoms with Crippen molar-refractivity contribution in [2.45, 2.75) is 78.1 Å². The molecule has 2 fully saturated rings. The van der Waals surface area contributed by atoms with Crippen molar-refractivity contribution in [3.05, 3.63) is 23.3 Å². The minimum absolute atomic E-state index is 0.0564. The number of hydrogen-bond donors (Lipinski definition) is 0. The van der Waals surface area contributed by atoms with Gasteiger partial charge in [0.15, 0.2) is 0 Å². The molecule has 4 heteroatoms. The number of carbonyl (C=O) groups excluding carboxylic acids is 1. The zero-order chi connectivity index (χ0) is 17.4. The Morgan fingerprint density at radius 2 is 1.83 bits per heavy atom. The van der Waals surface area contributed by atoms with E-state index in [0.717, 1.165) is 24.8 Å². The molecule has 2 saturated carbocycles. The lowest BCUT2D eigenvalue weighted by molar-refractivity contribution is -0.438. The number of rotatable bonds is 0. The van der Waals surface area contributed by atoms with Gasteiger partial charge in [0.05, 0.1) is 0 Å². The van der Waals surface area contributed by atoms with Crippen LogP contribution in [0.2, 0.25) is 0 Å². The monoisotopic (exact) mass is 332 g/mol. The van der Waals surface area contributed by atoms with Crippen molar-refractivity contribution in [3.63, 3.8) is 0 Å². The summed E-state index contributed by atoms with van der Waals surface area (Å²) in [6.07, 6.45) is 9.27. The fourth-order valence-corrected chi connectivity index (χ4v) is 5.85. The first-order valence-corrected chi connectivity index (χ1v) is 9.14. The van der Waals surface area contributed by atoms with E-state index in [4.69, 9.17) is 14.5 Å². The van der Waals surface area contributed by atoms with Gasteiger partial charge in [0.2, 0.25) is 0 Å². The van der Waals surface area contributed by atoms with Crippen molar-refractivity contribution in [2.75, 3.05) is 0 Å². The third kappa shape index (κ3) is 2.02. The molecule has 4 aliphatic rings. The van der Waals surface area contributed by atoms with Gasteiger partial charge in [0.25, 0.3) is 5.79 Å². The molecule has 0 amide bonds. The second-order valence-electron chi connectivity index (χ2n) is 9.22. The minimum Gasteiger partial charge on any atom is -0.419 e. The topological polar surface area (TPSA) is 44.8 Å². The molecule has 2 aliphatic heterocycles. The molecule has 4 unspecified atom stereocenters. The second-order valence-corrected chi connectivity index (χ2v) is 9.22. The van der Waals surface area contributed by atoms with Gasteiger partial charge in [-0.1, -0.05) is 27.2 Å². The summed E-state index contributed by atoms with van der Waals surface area (Å²) in [6, 6.07) is 0. The van der Waals surface area contributed by atoms with Gasteiger partial charge >= 0.3 is 5.97 Å². The van der Waals surface area contributed by atoms with E-state index < -0.39 is 11.4 Å². The van der Waals surface area contributed by atoms with Crippen LogP contribution in [0.1, 0.15) is 66.7 Å². The smallest absolute Gasteiger partial charge is 0.334 e. The lowest BCUT2D eigenvalue weighted by Gasteiger charge is -2.60. The first-order chi connectivity index (χ1) is 11.1. The number of esters is 1. The Bertz CT molecular complexity index is 661. The summed E-state index contributed by atoms with van der Waals surface area (Å²) >= 11 is 0. The van der Waals surface area contributed by atoms with Crippen molar-refractivity contribution in [1.82, 2.24) is 0 Å². The molecule has 0 aromatic heterocycles. The quantitative estimate of drug-likeness (QED) is 0.373. The van der Waals surface area contributed by atoms with Gasteiger partial charge in [-0.2, -0.15) is 4.89 Å². The highest BCUT2D eigenvalue weighted by molar-refractivity contribution is 5.86. The van der Waals surface area contributed by atoms with E-state index in [0.29, 0.717) is 11.3 Å². The molecule has 4 rings (SSSR count). The summed E-state index contributed by atoms with van der Waals surface area (Å²) in [6.45, 7) is 11.1. The maximum absolute atomic E-state index is 11.8. The van der Waals surface area contributed by atoms with E-state index in [-0.39, 0.29) is 11.4 Å². The van der Waals surface area contributed by atoms with E-state index in [1.165, 1.54) is 24.5 Å². The normalized spacial score (nSPS) is 46.7. The van der Waals surface area contributed by atoms with Crippen LogP contribution in [0.25, 0.3) is 0 Å². The lowest BCUT2D eigenvalue weighted by atomic mass is 9.47. The maximum atomic E-state index is 11.8. The zero-order valence-corrected chi connectivity index (χ0v) is 15.4. The first kappa shape index (κ1) is 16.3. The summed E-state index contributed by atoms with van der Waals surface area (Å²) in [5.41, 5.74) is 1.95. The number of hydrogen-bond acceptors (Lipinski definition) is 4. The molecule has 0 aromatic carbocycles. The molecule has 2 heterocycles. The predicted molar refractivity (Wildman–Crippen MR) is 89.7 cm³/mol. The van der Waals surface area contributed by atoms with Crippen molar-refractivity contribution in [3.8, 4) is 0 Å². The van der Waals surface area contributed by atoms with Crippen LogP contribution in [0.15, 0.2) is 23.3 Å². The van der Waals surface area contributed by atoms with Gasteiger partial charge in [-0.15, -0.1) is 0 Å². The van der Waals surface area contributed by atoms with Crippen LogP contribution in [0.3, 0.4) is 0 Å². The average molecular weight is 332 g/mol. The van der Waals surface area contributed by atoms with Gasteiger partial charge in [0.1, 0.15) is 5.60 Å². The standard InChI is InChI=1S/C20H28O4/c1-13-11-16(21)22-20(13)12-15-18(4)9-6-8-17(2,3)14(18)7-10-19(15,5)23-24-20/h11-12,14H,6-10H2,1-5H3. The van der Waals surface area contributed by atoms with Crippen LogP contribution in [-0.4, -0.2) is 17.4 Å². The Balaban J connectivity index is 1.84. The lowest BCUT2D eigenvalue weighted by Crippen LogP contribution is -2.57. The molecule has 0 saturated heterocycles. The summed E-state index contributed by atoms with van der Waals surface area (Å²) < 4.78 is 5.52. The Morgan fingerprint density at radius 3 is 2.50 bits per heavy atom. The third-order valence-electron chi connectivity index (χ3n) is 7.14. The number of carbonyl (C=O) groups is 1. The molecular formula is C20H28O4. The summed E-state index contributed by atoms with van der Waals surface area (Å²) in [5.74, 6) is -0.922. The number of ether oxygens (including phenoxy) is 1. The molecule has 0 bridgehead atoms. The van der Waals surface area contributed by atoms with E-state index in [1.54, 1.807) is 0 Å². The van der Waals surface area contributed by atoms with Gasteiger partial charge < -0.3 is 4.74 Å². The molecule has 0 N–H and O–H groups in total. The Labute approximate surface area is 144 Å². The zero-order valence-electron chi connectivity index (χ0n) is 15.4. The van der Waals surface area contributed by atoms with Crippen molar-refractivity contribution < 1.29 is 19.3 Å². The van der Waals surface area contributed by atoms with Gasteiger partial charge in [0, 0.05) is 11.6 Å². The largest absolute Gasteiger partial charge is 0.419 e. The maximum Gasteiger partial charge on any atom is 0.334 e. The predicted octanol–water partition coefficient (Wildman–Crippen LogP) is 4.46. The van der Waals surface area contributed by atoms with Crippen LogP contribution in [0, 0.1) is 16.7 Å². The molecule has 0 radical (unpaired) electrons. The summed E-state index contributed by atoms with van der Waals surface area (Å²) in [7, 11) is 0. The summed E-state index contributed by atoms with van der Waals surface area (Å²) in [4.78, 5) is 23.4. The van der Waals surface area contributed by atoms with E-state index in [2.05, 4.69) is 33.8 Å². The van der Waals surface area contributed by atoms with Crippen LogP contribution in [-0.2, 0) is 19.3 Å².